The summed E-state index contributed by atoms with van der Waals surface area (Å²) in [5.74, 6) is 0.949. The fourth-order valence-corrected chi connectivity index (χ4v) is 4.65. The van der Waals surface area contributed by atoms with Gasteiger partial charge in [0, 0.05) is 27.6 Å². The number of hydrogen-bond acceptors (Lipinski definition) is 3. The Hall–Kier alpha value is -2.17. The summed E-state index contributed by atoms with van der Waals surface area (Å²) in [6.45, 7) is 10.6. The SMILES string of the molecule is Cc1ccc(-c2c(CO)c(C(C)C)nc(C(C)C)c2CSc2ccc(F)cc2)cc1. The molecular weight excluding hydrogens is 393 g/mol. The van der Waals surface area contributed by atoms with Crippen molar-refractivity contribution >= 4 is 11.8 Å². The number of benzene rings is 2. The van der Waals surface area contributed by atoms with Crippen molar-refractivity contribution < 1.29 is 9.50 Å². The number of nitrogens with zero attached hydrogens (tertiary/aromatic N) is 1. The molecule has 1 aromatic heterocycles. The van der Waals surface area contributed by atoms with Crippen molar-refractivity contribution in [2.75, 3.05) is 0 Å². The van der Waals surface area contributed by atoms with Crippen molar-refractivity contribution in [3.05, 3.63) is 82.4 Å². The summed E-state index contributed by atoms with van der Waals surface area (Å²) >= 11 is 1.67. The van der Waals surface area contributed by atoms with E-state index in [2.05, 4.69) is 58.9 Å². The summed E-state index contributed by atoms with van der Waals surface area (Å²) in [5.41, 5.74) is 7.49. The molecule has 1 N–H and O–H groups in total. The van der Waals surface area contributed by atoms with Gasteiger partial charge in [-0.25, -0.2) is 4.39 Å². The third-order valence-corrected chi connectivity index (χ3v) is 6.29. The Morgan fingerprint density at radius 2 is 1.43 bits per heavy atom. The second-order valence-electron chi connectivity index (χ2n) is 8.29. The van der Waals surface area contributed by atoms with Gasteiger partial charge >= 0.3 is 0 Å². The average molecular weight is 424 g/mol. The van der Waals surface area contributed by atoms with Gasteiger partial charge in [-0.1, -0.05) is 57.5 Å². The predicted molar refractivity (Wildman–Crippen MR) is 124 cm³/mol. The van der Waals surface area contributed by atoms with Crippen LogP contribution in [0.25, 0.3) is 11.1 Å². The van der Waals surface area contributed by atoms with Crippen LogP contribution in [0.4, 0.5) is 4.39 Å². The number of rotatable bonds is 7. The highest BCUT2D eigenvalue weighted by atomic mass is 32.2. The standard InChI is InChI=1S/C26H30FNOS/c1-16(2)25-22(14-29)24(19-8-6-18(5)7-9-19)23(26(28-25)17(3)4)15-30-21-12-10-20(27)11-13-21/h6-13,16-17,29H,14-15H2,1-5H3. The molecule has 0 atom stereocenters. The number of aryl methyl sites for hydroxylation is 1. The highest BCUT2D eigenvalue weighted by molar-refractivity contribution is 7.98. The van der Waals surface area contributed by atoms with Crippen molar-refractivity contribution in [2.45, 2.75) is 63.7 Å². The van der Waals surface area contributed by atoms with Crippen LogP contribution in [-0.4, -0.2) is 10.1 Å². The van der Waals surface area contributed by atoms with Crippen LogP contribution in [-0.2, 0) is 12.4 Å². The molecule has 0 amide bonds. The van der Waals surface area contributed by atoms with Gasteiger partial charge in [0.05, 0.1) is 6.61 Å². The molecule has 3 aromatic rings. The molecule has 2 nitrogen and oxygen atoms in total. The van der Waals surface area contributed by atoms with Crippen molar-refractivity contribution in [1.82, 2.24) is 4.98 Å². The zero-order chi connectivity index (χ0) is 21.8. The first-order valence-electron chi connectivity index (χ1n) is 10.4. The van der Waals surface area contributed by atoms with Crippen molar-refractivity contribution in [3.8, 4) is 11.1 Å². The quantitative estimate of drug-likeness (QED) is 0.407. The number of hydrogen-bond donors (Lipinski definition) is 1. The van der Waals surface area contributed by atoms with Crippen molar-refractivity contribution in [2.24, 2.45) is 0 Å². The van der Waals surface area contributed by atoms with Gasteiger partial charge < -0.3 is 5.11 Å². The second kappa shape index (κ2) is 9.76. The molecule has 0 aliphatic carbocycles. The van der Waals surface area contributed by atoms with E-state index in [-0.39, 0.29) is 24.3 Å². The summed E-state index contributed by atoms with van der Waals surface area (Å²) in [5, 5.41) is 10.3. The topological polar surface area (TPSA) is 33.1 Å². The predicted octanol–water partition coefficient (Wildman–Crippen LogP) is 7.23. The van der Waals surface area contributed by atoms with Crippen LogP contribution >= 0.6 is 11.8 Å². The van der Waals surface area contributed by atoms with Crippen LogP contribution in [0.3, 0.4) is 0 Å². The fourth-order valence-electron chi connectivity index (χ4n) is 3.72. The smallest absolute Gasteiger partial charge is 0.123 e. The Bertz CT molecular complexity index is 995. The maximum Gasteiger partial charge on any atom is 0.123 e. The molecule has 158 valence electrons. The lowest BCUT2D eigenvalue weighted by molar-refractivity contribution is 0.279. The van der Waals surface area contributed by atoms with Crippen molar-refractivity contribution in [1.29, 1.82) is 0 Å². The molecule has 0 aliphatic rings. The Morgan fingerprint density at radius 3 is 1.97 bits per heavy atom. The Kier molecular flexibility index (Phi) is 7.32. The van der Waals surface area contributed by atoms with Crippen LogP contribution < -0.4 is 0 Å². The molecule has 0 spiro atoms. The minimum atomic E-state index is -0.229. The van der Waals surface area contributed by atoms with E-state index in [4.69, 9.17) is 4.98 Å². The van der Waals surface area contributed by atoms with Gasteiger partial charge in [0.2, 0.25) is 0 Å². The first-order valence-corrected chi connectivity index (χ1v) is 11.4. The maximum absolute atomic E-state index is 13.3. The molecule has 0 fully saturated rings. The van der Waals surface area contributed by atoms with Gasteiger partial charge in [-0.15, -0.1) is 11.8 Å². The van der Waals surface area contributed by atoms with Crippen molar-refractivity contribution in [3.63, 3.8) is 0 Å². The summed E-state index contributed by atoms with van der Waals surface area (Å²) in [6.07, 6.45) is 0. The molecule has 0 saturated heterocycles. The zero-order valence-electron chi connectivity index (χ0n) is 18.4. The summed E-state index contributed by atoms with van der Waals surface area (Å²) in [4.78, 5) is 6.05. The molecule has 30 heavy (non-hydrogen) atoms. The number of aromatic nitrogens is 1. The van der Waals surface area contributed by atoms with E-state index in [1.165, 1.54) is 17.7 Å². The highest BCUT2D eigenvalue weighted by Crippen LogP contribution is 2.39. The third-order valence-electron chi connectivity index (χ3n) is 5.25. The fraction of sp³-hybridized carbons (Fsp3) is 0.346. The van der Waals surface area contributed by atoms with E-state index in [0.717, 1.165) is 38.5 Å². The molecule has 1 heterocycles. The zero-order valence-corrected chi connectivity index (χ0v) is 19.2. The average Bonchev–Trinajstić information content (AvgIpc) is 2.72. The van der Waals surface area contributed by atoms with Gasteiger partial charge in [0.25, 0.3) is 0 Å². The van der Waals surface area contributed by atoms with E-state index >= 15 is 0 Å². The van der Waals surface area contributed by atoms with Crippen LogP contribution in [0.2, 0.25) is 0 Å². The van der Waals surface area contributed by atoms with Crippen LogP contribution in [0.1, 0.15) is 67.6 Å². The van der Waals surface area contributed by atoms with Gasteiger partial charge in [0.15, 0.2) is 0 Å². The van der Waals surface area contributed by atoms with E-state index in [1.54, 1.807) is 11.8 Å². The highest BCUT2D eigenvalue weighted by Gasteiger charge is 2.23. The lowest BCUT2D eigenvalue weighted by Gasteiger charge is -2.24. The van der Waals surface area contributed by atoms with E-state index < -0.39 is 0 Å². The summed E-state index contributed by atoms with van der Waals surface area (Å²) in [6, 6.07) is 15.1. The Labute approximate surface area is 183 Å². The van der Waals surface area contributed by atoms with E-state index in [1.807, 2.05) is 12.1 Å². The molecule has 2 aromatic carbocycles. The minimum absolute atomic E-state index is 0.0453. The van der Waals surface area contributed by atoms with Gasteiger partial charge in [-0.05, 0) is 59.7 Å². The summed E-state index contributed by atoms with van der Waals surface area (Å²) < 4.78 is 13.3. The Balaban J connectivity index is 2.20. The Morgan fingerprint density at radius 1 is 0.867 bits per heavy atom. The first-order chi connectivity index (χ1) is 14.3. The molecule has 0 unspecified atom stereocenters. The number of aliphatic hydroxyl groups is 1. The molecule has 0 aliphatic heterocycles. The second-order valence-corrected chi connectivity index (χ2v) is 9.34. The largest absolute Gasteiger partial charge is 0.392 e. The van der Waals surface area contributed by atoms with Gasteiger partial charge in [-0.2, -0.15) is 0 Å². The van der Waals surface area contributed by atoms with Gasteiger partial charge in [0.1, 0.15) is 5.82 Å². The van der Waals surface area contributed by atoms with E-state index in [9.17, 15) is 9.50 Å². The molecule has 4 heteroatoms. The number of halogens is 1. The molecular formula is C26H30FNOS. The lowest BCUT2D eigenvalue weighted by atomic mass is 9.88. The molecule has 0 saturated carbocycles. The number of aliphatic hydroxyl groups excluding tert-OH is 1. The summed E-state index contributed by atoms with van der Waals surface area (Å²) in [7, 11) is 0. The lowest BCUT2D eigenvalue weighted by Crippen LogP contribution is -2.12. The normalized spacial score (nSPS) is 11.5. The molecule has 3 rings (SSSR count). The first kappa shape index (κ1) is 22.5. The van der Waals surface area contributed by atoms with Crippen LogP contribution in [0.5, 0.6) is 0 Å². The maximum atomic E-state index is 13.3. The van der Waals surface area contributed by atoms with Crippen LogP contribution in [0.15, 0.2) is 53.4 Å². The monoisotopic (exact) mass is 423 g/mol. The van der Waals surface area contributed by atoms with E-state index in [0.29, 0.717) is 5.75 Å². The number of pyridine rings is 1. The molecule has 0 radical (unpaired) electrons. The van der Waals surface area contributed by atoms with Gasteiger partial charge in [-0.3, -0.25) is 4.98 Å². The number of thioether (sulfide) groups is 1. The molecule has 0 bridgehead atoms. The van der Waals surface area contributed by atoms with Crippen LogP contribution in [0, 0.1) is 12.7 Å². The third kappa shape index (κ3) is 4.93. The minimum Gasteiger partial charge on any atom is -0.392 e.